The summed E-state index contributed by atoms with van der Waals surface area (Å²) in [7, 11) is 0. The maximum Gasteiger partial charge on any atom is 0.161 e. The molecule has 3 aromatic heterocycles. The SMILES string of the molecule is c1ccc2c(c1)sc1c(-c3nccc(-c4ccoc4)n3)cccc12. The standard InChI is InChI=1S/C20H12N2OS/c1-2-7-18-14(4-1)15-5-3-6-16(19(15)24-18)20-21-10-8-17(22-20)13-9-11-23-12-13/h1-12H. The molecule has 4 heteroatoms. The Labute approximate surface area is 142 Å². The van der Waals surface area contributed by atoms with E-state index >= 15 is 0 Å². The fourth-order valence-electron chi connectivity index (χ4n) is 2.98. The van der Waals surface area contributed by atoms with Gasteiger partial charge in [0.2, 0.25) is 0 Å². The van der Waals surface area contributed by atoms with Gasteiger partial charge in [0.25, 0.3) is 0 Å². The van der Waals surface area contributed by atoms with Gasteiger partial charge in [-0.05, 0) is 24.3 Å². The first kappa shape index (κ1) is 13.5. The van der Waals surface area contributed by atoms with Crippen molar-refractivity contribution < 1.29 is 4.42 Å². The molecule has 0 fully saturated rings. The third-order valence-corrected chi connectivity index (χ3v) is 5.34. The number of hydrogen-bond acceptors (Lipinski definition) is 4. The summed E-state index contributed by atoms with van der Waals surface area (Å²) in [6, 6.07) is 18.6. The van der Waals surface area contributed by atoms with E-state index in [0.29, 0.717) is 0 Å². The van der Waals surface area contributed by atoms with Crippen LogP contribution in [-0.4, -0.2) is 9.97 Å². The molecule has 0 N–H and O–H groups in total. The van der Waals surface area contributed by atoms with E-state index < -0.39 is 0 Å². The first-order valence-electron chi connectivity index (χ1n) is 7.66. The monoisotopic (exact) mass is 328 g/mol. The molecule has 0 atom stereocenters. The van der Waals surface area contributed by atoms with E-state index in [-0.39, 0.29) is 0 Å². The van der Waals surface area contributed by atoms with Crippen LogP contribution >= 0.6 is 11.3 Å². The summed E-state index contributed by atoms with van der Waals surface area (Å²) in [5, 5.41) is 2.54. The van der Waals surface area contributed by atoms with Gasteiger partial charge in [-0.25, -0.2) is 9.97 Å². The van der Waals surface area contributed by atoms with Crippen LogP contribution in [0, 0.1) is 0 Å². The van der Waals surface area contributed by atoms with Crippen molar-refractivity contribution in [3.63, 3.8) is 0 Å². The van der Waals surface area contributed by atoms with Crippen molar-refractivity contribution in [3.8, 4) is 22.6 Å². The quantitative estimate of drug-likeness (QED) is 0.413. The van der Waals surface area contributed by atoms with Crippen LogP contribution < -0.4 is 0 Å². The van der Waals surface area contributed by atoms with Gasteiger partial charge in [-0.15, -0.1) is 11.3 Å². The Bertz CT molecular complexity index is 1160. The summed E-state index contributed by atoms with van der Waals surface area (Å²) >= 11 is 1.79. The highest BCUT2D eigenvalue weighted by Gasteiger charge is 2.12. The lowest BCUT2D eigenvalue weighted by Crippen LogP contribution is -1.90. The molecule has 0 spiro atoms. The molecular weight excluding hydrogens is 316 g/mol. The van der Waals surface area contributed by atoms with E-state index in [1.807, 2.05) is 12.1 Å². The molecule has 2 aromatic carbocycles. The minimum Gasteiger partial charge on any atom is -0.472 e. The second kappa shape index (κ2) is 5.28. The average Bonchev–Trinajstić information content (AvgIpc) is 3.29. The van der Waals surface area contributed by atoms with Crippen molar-refractivity contribution in [2.75, 3.05) is 0 Å². The van der Waals surface area contributed by atoms with Crippen molar-refractivity contribution in [1.82, 2.24) is 9.97 Å². The Balaban J connectivity index is 1.76. The molecule has 3 nitrogen and oxygen atoms in total. The van der Waals surface area contributed by atoms with Crippen LogP contribution in [-0.2, 0) is 0 Å². The van der Waals surface area contributed by atoms with Crippen molar-refractivity contribution in [2.24, 2.45) is 0 Å². The molecule has 0 saturated carbocycles. The van der Waals surface area contributed by atoms with Gasteiger partial charge in [0, 0.05) is 37.5 Å². The minimum atomic E-state index is 0.742. The van der Waals surface area contributed by atoms with Crippen molar-refractivity contribution >= 4 is 31.5 Å². The molecule has 0 bridgehead atoms. The van der Waals surface area contributed by atoms with Gasteiger partial charge in [0.15, 0.2) is 5.82 Å². The van der Waals surface area contributed by atoms with Crippen LogP contribution in [0.3, 0.4) is 0 Å². The maximum atomic E-state index is 5.17. The fourth-order valence-corrected chi connectivity index (χ4v) is 4.19. The zero-order chi connectivity index (χ0) is 15.9. The highest BCUT2D eigenvalue weighted by Crippen LogP contribution is 2.38. The molecule has 0 unspecified atom stereocenters. The lowest BCUT2D eigenvalue weighted by molar-refractivity contribution is 0.568. The Morgan fingerprint density at radius 1 is 0.875 bits per heavy atom. The van der Waals surface area contributed by atoms with Crippen LogP contribution in [0.1, 0.15) is 0 Å². The molecule has 0 radical (unpaired) electrons. The van der Waals surface area contributed by atoms with Crippen LogP contribution in [0.15, 0.2) is 77.7 Å². The molecule has 0 saturated heterocycles. The summed E-state index contributed by atoms with van der Waals surface area (Å²) in [6.45, 7) is 0. The van der Waals surface area contributed by atoms with E-state index in [9.17, 15) is 0 Å². The van der Waals surface area contributed by atoms with E-state index in [1.165, 1.54) is 20.2 Å². The highest BCUT2D eigenvalue weighted by atomic mass is 32.1. The summed E-state index contributed by atoms with van der Waals surface area (Å²) in [4.78, 5) is 9.25. The number of aromatic nitrogens is 2. The maximum absolute atomic E-state index is 5.17. The molecule has 114 valence electrons. The first-order valence-corrected chi connectivity index (χ1v) is 8.48. The minimum absolute atomic E-state index is 0.742. The van der Waals surface area contributed by atoms with E-state index in [0.717, 1.165) is 22.6 Å². The number of rotatable bonds is 2. The number of thiophene rings is 1. The molecule has 0 aliphatic rings. The van der Waals surface area contributed by atoms with Crippen LogP contribution in [0.25, 0.3) is 42.8 Å². The molecule has 0 amide bonds. The van der Waals surface area contributed by atoms with Crippen molar-refractivity contribution in [2.45, 2.75) is 0 Å². The molecular formula is C20H12N2OS. The van der Waals surface area contributed by atoms with E-state index in [1.54, 1.807) is 30.1 Å². The van der Waals surface area contributed by atoms with E-state index in [4.69, 9.17) is 9.40 Å². The number of fused-ring (bicyclic) bond motifs is 3. The van der Waals surface area contributed by atoms with Gasteiger partial charge in [0.05, 0.1) is 18.2 Å². The van der Waals surface area contributed by atoms with Gasteiger partial charge < -0.3 is 4.42 Å². The smallest absolute Gasteiger partial charge is 0.161 e. The predicted molar refractivity (Wildman–Crippen MR) is 98.1 cm³/mol. The van der Waals surface area contributed by atoms with Gasteiger partial charge in [-0.2, -0.15) is 0 Å². The topological polar surface area (TPSA) is 38.9 Å². The lowest BCUT2D eigenvalue weighted by Gasteiger charge is -2.04. The zero-order valence-corrected chi connectivity index (χ0v) is 13.5. The lowest BCUT2D eigenvalue weighted by atomic mass is 10.1. The summed E-state index contributed by atoms with van der Waals surface area (Å²) in [5.41, 5.74) is 2.90. The molecule has 5 rings (SSSR count). The highest BCUT2D eigenvalue weighted by molar-refractivity contribution is 7.26. The van der Waals surface area contributed by atoms with Gasteiger partial charge in [-0.3, -0.25) is 0 Å². The summed E-state index contributed by atoms with van der Waals surface area (Å²) < 4.78 is 7.67. The van der Waals surface area contributed by atoms with Crippen LogP contribution in [0.5, 0.6) is 0 Å². The number of hydrogen-bond donors (Lipinski definition) is 0. The summed E-state index contributed by atoms with van der Waals surface area (Å²) in [6.07, 6.45) is 5.16. The zero-order valence-electron chi connectivity index (χ0n) is 12.6. The van der Waals surface area contributed by atoms with Crippen molar-refractivity contribution in [3.05, 3.63) is 73.3 Å². The second-order valence-corrected chi connectivity index (χ2v) is 6.61. The first-order chi connectivity index (χ1) is 11.9. The van der Waals surface area contributed by atoms with Crippen LogP contribution in [0.4, 0.5) is 0 Å². The third kappa shape index (κ3) is 2.04. The Morgan fingerprint density at radius 3 is 2.71 bits per heavy atom. The molecule has 5 aromatic rings. The molecule has 0 aliphatic carbocycles. The number of nitrogens with zero attached hydrogens (tertiary/aromatic N) is 2. The predicted octanol–water partition coefficient (Wildman–Crippen LogP) is 5.77. The van der Waals surface area contributed by atoms with Crippen LogP contribution in [0.2, 0.25) is 0 Å². The Hall–Kier alpha value is -2.98. The van der Waals surface area contributed by atoms with Gasteiger partial charge in [-0.1, -0.05) is 30.3 Å². The molecule has 0 aliphatic heterocycles. The van der Waals surface area contributed by atoms with Gasteiger partial charge >= 0.3 is 0 Å². The number of benzene rings is 2. The summed E-state index contributed by atoms with van der Waals surface area (Å²) in [5.74, 6) is 0.742. The van der Waals surface area contributed by atoms with E-state index in [2.05, 4.69) is 47.4 Å². The molecule has 24 heavy (non-hydrogen) atoms. The third-order valence-electron chi connectivity index (χ3n) is 4.12. The number of furan rings is 1. The largest absolute Gasteiger partial charge is 0.472 e. The fraction of sp³-hybridized carbons (Fsp3) is 0. The average molecular weight is 328 g/mol. The Kier molecular flexibility index (Phi) is 2.96. The van der Waals surface area contributed by atoms with Gasteiger partial charge in [0.1, 0.15) is 0 Å². The Morgan fingerprint density at radius 2 is 1.79 bits per heavy atom. The van der Waals surface area contributed by atoms with Crippen molar-refractivity contribution in [1.29, 1.82) is 0 Å². The second-order valence-electron chi connectivity index (χ2n) is 5.56. The molecule has 3 heterocycles. The normalized spacial score (nSPS) is 11.3.